The average molecular weight is 280 g/mol. The fraction of sp³-hybridized carbons (Fsp3) is 0.467. The minimum Gasteiger partial charge on any atom is -0.310 e. The zero-order chi connectivity index (χ0) is 12.8. The van der Waals surface area contributed by atoms with Crippen LogP contribution in [0.5, 0.6) is 0 Å². The predicted octanol–water partition coefficient (Wildman–Crippen LogP) is 4.27. The highest BCUT2D eigenvalue weighted by molar-refractivity contribution is 7.99. The molecule has 1 N–H and O–H groups in total. The van der Waals surface area contributed by atoms with Crippen LogP contribution in [-0.4, -0.2) is 12.3 Å². The van der Waals surface area contributed by atoms with E-state index in [9.17, 15) is 0 Å². The Hall–Kier alpha value is -0.620. The Morgan fingerprint density at radius 1 is 1.44 bits per heavy atom. The van der Waals surface area contributed by atoms with E-state index in [1.807, 2.05) is 17.8 Å². The molecule has 1 aliphatic heterocycles. The van der Waals surface area contributed by atoms with Gasteiger partial charge < -0.3 is 5.32 Å². The Morgan fingerprint density at radius 3 is 3.17 bits per heavy atom. The molecule has 3 heteroatoms. The van der Waals surface area contributed by atoms with E-state index in [0.717, 1.165) is 30.8 Å². The lowest BCUT2D eigenvalue weighted by atomic mass is 10.0. The standard InChI is InChI=1S/C15H18ClNS/c1-2-3-4-5-9-17-14-8-10-18-15-7-6-12(16)11-13(14)15/h1,6-7,11,14,17H,3-5,8-10H2. The van der Waals surface area contributed by atoms with Crippen LogP contribution in [0.4, 0.5) is 0 Å². The SMILES string of the molecule is C#CCCCCNC1CCSc2ccc(Cl)cc21. The van der Waals surface area contributed by atoms with Crippen LogP contribution in [0.3, 0.4) is 0 Å². The third-order valence-corrected chi connectivity index (χ3v) is 4.51. The molecule has 0 saturated heterocycles. The number of unbranched alkanes of at least 4 members (excludes halogenated alkanes) is 2. The Kier molecular flexibility index (Phi) is 5.44. The van der Waals surface area contributed by atoms with Gasteiger partial charge in [-0.2, -0.15) is 0 Å². The molecule has 0 radical (unpaired) electrons. The second-order valence-corrected chi connectivity index (χ2v) is 6.06. The van der Waals surface area contributed by atoms with Crippen LogP contribution in [0.25, 0.3) is 0 Å². The molecule has 18 heavy (non-hydrogen) atoms. The van der Waals surface area contributed by atoms with Gasteiger partial charge in [0.1, 0.15) is 0 Å². The molecule has 0 amide bonds. The van der Waals surface area contributed by atoms with Gasteiger partial charge in [-0.15, -0.1) is 24.1 Å². The molecule has 1 unspecified atom stereocenters. The number of benzene rings is 1. The van der Waals surface area contributed by atoms with Crippen molar-refractivity contribution in [2.75, 3.05) is 12.3 Å². The van der Waals surface area contributed by atoms with Gasteiger partial charge in [-0.25, -0.2) is 0 Å². The molecule has 1 aromatic rings. The molecule has 1 aromatic carbocycles. The van der Waals surface area contributed by atoms with Crippen LogP contribution in [0, 0.1) is 12.3 Å². The van der Waals surface area contributed by atoms with Crippen LogP contribution in [0.15, 0.2) is 23.1 Å². The first-order valence-corrected chi connectivity index (χ1v) is 7.76. The fourth-order valence-electron chi connectivity index (χ4n) is 2.21. The van der Waals surface area contributed by atoms with Crippen molar-refractivity contribution >= 4 is 23.4 Å². The number of rotatable bonds is 5. The first kappa shape index (κ1) is 13.8. The van der Waals surface area contributed by atoms with E-state index in [-0.39, 0.29) is 0 Å². The van der Waals surface area contributed by atoms with E-state index in [2.05, 4.69) is 23.4 Å². The minimum atomic E-state index is 0.450. The van der Waals surface area contributed by atoms with E-state index in [0.29, 0.717) is 6.04 Å². The minimum absolute atomic E-state index is 0.450. The van der Waals surface area contributed by atoms with Crippen LogP contribution < -0.4 is 5.32 Å². The highest BCUT2D eigenvalue weighted by Gasteiger charge is 2.20. The largest absolute Gasteiger partial charge is 0.310 e. The lowest BCUT2D eigenvalue weighted by Gasteiger charge is -2.26. The second kappa shape index (κ2) is 7.09. The predicted molar refractivity (Wildman–Crippen MR) is 80.2 cm³/mol. The van der Waals surface area contributed by atoms with Gasteiger partial charge >= 0.3 is 0 Å². The molecule has 96 valence electrons. The van der Waals surface area contributed by atoms with Crippen LogP contribution in [-0.2, 0) is 0 Å². The zero-order valence-corrected chi connectivity index (χ0v) is 12.0. The van der Waals surface area contributed by atoms with E-state index < -0.39 is 0 Å². The summed E-state index contributed by atoms with van der Waals surface area (Å²) < 4.78 is 0. The van der Waals surface area contributed by atoms with Crippen LogP contribution >= 0.6 is 23.4 Å². The summed E-state index contributed by atoms with van der Waals surface area (Å²) in [6.45, 7) is 1.03. The van der Waals surface area contributed by atoms with Gasteiger partial charge in [-0.05, 0) is 55.3 Å². The molecule has 0 bridgehead atoms. The number of thioether (sulfide) groups is 1. The summed E-state index contributed by atoms with van der Waals surface area (Å²) in [5.74, 6) is 3.86. The Labute approximate surface area is 119 Å². The van der Waals surface area contributed by atoms with Gasteiger partial charge in [-0.3, -0.25) is 0 Å². The Balaban J connectivity index is 1.91. The zero-order valence-electron chi connectivity index (χ0n) is 10.4. The lowest BCUT2D eigenvalue weighted by Crippen LogP contribution is -2.25. The molecular formula is C15H18ClNS. The summed E-state index contributed by atoms with van der Waals surface area (Å²) in [7, 11) is 0. The molecule has 1 aliphatic rings. The van der Waals surface area contributed by atoms with E-state index in [1.165, 1.54) is 22.6 Å². The molecule has 0 aromatic heterocycles. The molecule has 2 rings (SSSR count). The van der Waals surface area contributed by atoms with Gasteiger partial charge in [0.2, 0.25) is 0 Å². The fourth-order valence-corrected chi connectivity index (χ4v) is 3.49. The first-order valence-electron chi connectivity index (χ1n) is 6.40. The third-order valence-electron chi connectivity index (χ3n) is 3.15. The van der Waals surface area contributed by atoms with Gasteiger partial charge in [0.15, 0.2) is 0 Å². The highest BCUT2D eigenvalue weighted by atomic mass is 35.5. The van der Waals surface area contributed by atoms with Crippen molar-refractivity contribution in [2.24, 2.45) is 0 Å². The Morgan fingerprint density at radius 2 is 2.33 bits per heavy atom. The van der Waals surface area contributed by atoms with Crippen molar-refractivity contribution in [3.63, 3.8) is 0 Å². The van der Waals surface area contributed by atoms with Crippen molar-refractivity contribution in [1.29, 1.82) is 0 Å². The van der Waals surface area contributed by atoms with Crippen molar-refractivity contribution in [2.45, 2.75) is 36.6 Å². The van der Waals surface area contributed by atoms with Crippen molar-refractivity contribution in [3.8, 4) is 12.3 Å². The van der Waals surface area contributed by atoms with Gasteiger partial charge in [-0.1, -0.05) is 11.6 Å². The van der Waals surface area contributed by atoms with Gasteiger partial charge in [0.25, 0.3) is 0 Å². The monoisotopic (exact) mass is 279 g/mol. The summed E-state index contributed by atoms with van der Waals surface area (Å²) >= 11 is 8.01. The topological polar surface area (TPSA) is 12.0 Å². The normalized spacial score (nSPS) is 18.1. The number of hydrogen-bond donors (Lipinski definition) is 1. The maximum atomic E-state index is 6.09. The maximum absolute atomic E-state index is 6.09. The number of hydrogen-bond acceptors (Lipinski definition) is 2. The first-order chi connectivity index (χ1) is 8.81. The molecule has 1 nitrogen and oxygen atoms in total. The van der Waals surface area contributed by atoms with Crippen molar-refractivity contribution in [1.82, 2.24) is 5.32 Å². The number of nitrogens with one attached hydrogen (secondary N) is 1. The smallest absolute Gasteiger partial charge is 0.0410 e. The molecular weight excluding hydrogens is 262 g/mol. The summed E-state index contributed by atoms with van der Waals surface area (Å²) in [5, 5.41) is 4.45. The Bertz CT molecular complexity index is 439. The molecule has 0 saturated carbocycles. The van der Waals surface area contributed by atoms with Gasteiger partial charge in [0.05, 0.1) is 0 Å². The van der Waals surface area contributed by atoms with Gasteiger partial charge in [0, 0.05) is 22.4 Å². The molecule has 0 aliphatic carbocycles. The van der Waals surface area contributed by atoms with Crippen molar-refractivity contribution < 1.29 is 0 Å². The van der Waals surface area contributed by atoms with Crippen LogP contribution in [0.1, 0.15) is 37.3 Å². The molecule has 1 atom stereocenters. The van der Waals surface area contributed by atoms with E-state index >= 15 is 0 Å². The van der Waals surface area contributed by atoms with E-state index in [1.54, 1.807) is 0 Å². The third kappa shape index (κ3) is 3.68. The second-order valence-electron chi connectivity index (χ2n) is 4.49. The number of fused-ring (bicyclic) bond motifs is 1. The molecule has 0 fully saturated rings. The number of terminal acetylenes is 1. The summed E-state index contributed by atoms with van der Waals surface area (Å²) in [6, 6.07) is 6.66. The highest BCUT2D eigenvalue weighted by Crippen LogP contribution is 2.37. The van der Waals surface area contributed by atoms with E-state index in [4.69, 9.17) is 18.0 Å². The molecule has 0 spiro atoms. The maximum Gasteiger partial charge on any atom is 0.0410 e. The lowest BCUT2D eigenvalue weighted by molar-refractivity contribution is 0.497. The van der Waals surface area contributed by atoms with Crippen molar-refractivity contribution in [3.05, 3.63) is 28.8 Å². The van der Waals surface area contributed by atoms with Crippen LogP contribution in [0.2, 0.25) is 5.02 Å². The average Bonchev–Trinajstić information content (AvgIpc) is 2.39. The summed E-state index contributed by atoms with van der Waals surface area (Å²) in [4.78, 5) is 1.37. The summed E-state index contributed by atoms with van der Waals surface area (Å²) in [6.07, 6.45) is 9.55. The molecule has 1 heterocycles. The quantitative estimate of drug-likeness (QED) is 0.638. The summed E-state index contributed by atoms with van der Waals surface area (Å²) in [5.41, 5.74) is 1.36. The number of halogens is 1.